The SMILES string of the molecule is Cc1cc([N+](=O)[O-])ccc1N1CCCC(C)(O)CC1. The molecule has 1 aliphatic rings. The molecule has 1 unspecified atom stereocenters. The van der Waals surface area contributed by atoms with Crippen molar-refractivity contribution < 1.29 is 10.0 Å². The first-order valence-electron chi connectivity index (χ1n) is 6.61. The van der Waals surface area contributed by atoms with E-state index in [0.29, 0.717) is 0 Å². The molecule has 2 rings (SSSR count). The lowest BCUT2D eigenvalue weighted by atomic mass is 9.98. The van der Waals surface area contributed by atoms with Crippen LogP contribution < -0.4 is 4.90 Å². The minimum Gasteiger partial charge on any atom is -0.390 e. The maximum absolute atomic E-state index is 10.7. The Balaban J connectivity index is 2.20. The summed E-state index contributed by atoms with van der Waals surface area (Å²) in [5.74, 6) is 0. The first kappa shape index (κ1) is 13.8. The van der Waals surface area contributed by atoms with Gasteiger partial charge in [-0.2, -0.15) is 0 Å². The minimum absolute atomic E-state index is 0.128. The van der Waals surface area contributed by atoms with Gasteiger partial charge in [-0.3, -0.25) is 10.1 Å². The van der Waals surface area contributed by atoms with Gasteiger partial charge in [-0.15, -0.1) is 0 Å². The number of rotatable bonds is 2. The number of nitro benzene ring substituents is 1. The molecule has 1 N–H and O–H groups in total. The molecule has 0 spiro atoms. The van der Waals surface area contributed by atoms with Crippen molar-refractivity contribution >= 4 is 11.4 Å². The number of aliphatic hydroxyl groups is 1. The van der Waals surface area contributed by atoms with Crippen molar-refractivity contribution in [3.63, 3.8) is 0 Å². The molecule has 19 heavy (non-hydrogen) atoms. The summed E-state index contributed by atoms with van der Waals surface area (Å²) in [7, 11) is 0. The van der Waals surface area contributed by atoms with Crippen molar-refractivity contribution in [2.45, 2.75) is 38.7 Å². The second-order valence-electron chi connectivity index (χ2n) is 5.57. The molecule has 1 aromatic carbocycles. The quantitative estimate of drug-likeness (QED) is 0.658. The maximum Gasteiger partial charge on any atom is 0.269 e. The lowest BCUT2D eigenvalue weighted by molar-refractivity contribution is -0.384. The highest BCUT2D eigenvalue weighted by molar-refractivity contribution is 5.57. The van der Waals surface area contributed by atoms with Crippen molar-refractivity contribution in [2.75, 3.05) is 18.0 Å². The smallest absolute Gasteiger partial charge is 0.269 e. The van der Waals surface area contributed by atoms with Crippen LogP contribution in [-0.2, 0) is 0 Å². The van der Waals surface area contributed by atoms with Gasteiger partial charge in [0, 0.05) is 30.9 Å². The van der Waals surface area contributed by atoms with Gasteiger partial charge in [0.15, 0.2) is 0 Å². The molecule has 0 saturated carbocycles. The third kappa shape index (κ3) is 3.23. The van der Waals surface area contributed by atoms with E-state index in [0.717, 1.165) is 43.6 Å². The Morgan fingerprint density at radius 1 is 1.37 bits per heavy atom. The molecule has 5 nitrogen and oxygen atoms in total. The van der Waals surface area contributed by atoms with Crippen molar-refractivity contribution in [2.24, 2.45) is 0 Å². The molecule has 1 heterocycles. The molecule has 5 heteroatoms. The van der Waals surface area contributed by atoms with Gasteiger partial charge in [-0.05, 0) is 44.7 Å². The van der Waals surface area contributed by atoms with Gasteiger partial charge in [-0.1, -0.05) is 0 Å². The summed E-state index contributed by atoms with van der Waals surface area (Å²) in [4.78, 5) is 12.6. The molecule has 1 atom stereocenters. The van der Waals surface area contributed by atoms with Gasteiger partial charge in [0.05, 0.1) is 10.5 Å². The number of anilines is 1. The van der Waals surface area contributed by atoms with Crippen LogP contribution in [0.25, 0.3) is 0 Å². The molecule has 0 bridgehead atoms. The van der Waals surface area contributed by atoms with Gasteiger partial charge in [0.25, 0.3) is 5.69 Å². The first-order chi connectivity index (χ1) is 8.89. The van der Waals surface area contributed by atoms with Crippen molar-refractivity contribution in [3.05, 3.63) is 33.9 Å². The average Bonchev–Trinajstić information content (AvgIpc) is 2.50. The Hall–Kier alpha value is -1.62. The standard InChI is InChI=1S/C14H20N2O3/c1-11-10-12(16(18)19)4-5-13(11)15-8-3-6-14(2,17)7-9-15/h4-5,10,17H,3,6-9H2,1-2H3. The van der Waals surface area contributed by atoms with Gasteiger partial charge in [-0.25, -0.2) is 0 Å². The van der Waals surface area contributed by atoms with Gasteiger partial charge < -0.3 is 10.0 Å². The highest BCUT2D eigenvalue weighted by Crippen LogP contribution is 2.29. The molecule has 0 aromatic heterocycles. The number of nitro groups is 1. The number of hydrogen-bond donors (Lipinski definition) is 1. The van der Waals surface area contributed by atoms with E-state index in [4.69, 9.17) is 0 Å². The van der Waals surface area contributed by atoms with Crippen LogP contribution in [0.3, 0.4) is 0 Å². The molecule has 0 amide bonds. The van der Waals surface area contributed by atoms with E-state index < -0.39 is 5.60 Å². The number of hydrogen-bond acceptors (Lipinski definition) is 4. The van der Waals surface area contributed by atoms with Crippen LogP contribution in [-0.4, -0.2) is 28.7 Å². The van der Waals surface area contributed by atoms with E-state index in [2.05, 4.69) is 4.90 Å². The number of non-ortho nitro benzene ring substituents is 1. The summed E-state index contributed by atoms with van der Waals surface area (Å²) in [6, 6.07) is 4.97. The zero-order valence-electron chi connectivity index (χ0n) is 11.4. The summed E-state index contributed by atoms with van der Waals surface area (Å²) in [5, 5.41) is 20.8. The maximum atomic E-state index is 10.7. The Morgan fingerprint density at radius 2 is 2.11 bits per heavy atom. The Bertz CT molecular complexity index is 486. The molecular weight excluding hydrogens is 244 g/mol. The predicted molar refractivity (Wildman–Crippen MR) is 74.5 cm³/mol. The third-order valence-corrected chi connectivity index (χ3v) is 3.80. The summed E-state index contributed by atoms with van der Waals surface area (Å²) in [5.41, 5.74) is 1.48. The van der Waals surface area contributed by atoms with Crippen LogP contribution >= 0.6 is 0 Å². The van der Waals surface area contributed by atoms with Crippen LogP contribution in [0.4, 0.5) is 11.4 Å². The predicted octanol–water partition coefficient (Wildman–Crippen LogP) is 2.64. The van der Waals surface area contributed by atoms with Crippen LogP contribution in [0.15, 0.2) is 18.2 Å². The average molecular weight is 264 g/mol. The lowest BCUT2D eigenvalue weighted by Crippen LogP contribution is -2.28. The fraction of sp³-hybridized carbons (Fsp3) is 0.571. The second-order valence-corrected chi connectivity index (χ2v) is 5.57. The molecule has 1 aliphatic heterocycles. The first-order valence-corrected chi connectivity index (χ1v) is 6.61. The Kier molecular flexibility index (Phi) is 3.75. The van der Waals surface area contributed by atoms with Gasteiger partial charge >= 0.3 is 0 Å². The number of nitrogens with zero attached hydrogens (tertiary/aromatic N) is 2. The molecule has 0 aliphatic carbocycles. The number of benzene rings is 1. The lowest BCUT2D eigenvalue weighted by Gasteiger charge is -2.25. The molecule has 1 aromatic rings. The zero-order chi connectivity index (χ0) is 14.0. The summed E-state index contributed by atoms with van der Waals surface area (Å²) in [6.07, 6.45) is 2.46. The fourth-order valence-electron chi connectivity index (χ4n) is 2.61. The van der Waals surface area contributed by atoms with E-state index in [1.807, 2.05) is 19.9 Å². The van der Waals surface area contributed by atoms with Crippen LogP contribution in [0.1, 0.15) is 31.7 Å². The Labute approximate surface area is 113 Å². The highest BCUT2D eigenvalue weighted by atomic mass is 16.6. The van der Waals surface area contributed by atoms with Crippen LogP contribution in [0, 0.1) is 17.0 Å². The molecule has 1 saturated heterocycles. The molecule has 0 radical (unpaired) electrons. The van der Waals surface area contributed by atoms with E-state index in [-0.39, 0.29) is 10.6 Å². The van der Waals surface area contributed by atoms with Crippen LogP contribution in [0.5, 0.6) is 0 Å². The largest absolute Gasteiger partial charge is 0.390 e. The summed E-state index contributed by atoms with van der Waals surface area (Å²) in [6.45, 7) is 5.44. The monoisotopic (exact) mass is 264 g/mol. The second kappa shape index (κ2) is 5.17. The molecular formula is C14H20N2O3. The van der Waals surface area contributed by atoms with Crippen molar-refractivity contribution in [1.29, 1.82) is 0 Å². The summed E-state index contributed by atoms with van der Waals surface area (Å²) >= 11 is 0. The zero-order valence-corrected chi connectivity index (χ0v) is 11.4. The Morgan fingerprint density at radius 3 is 2.74 bits per heavy atom. The highest BCUT2D eigenvalue weighted by Gasteiger charge is 2.25. The summed E-state index contributed by atoms with van der Waals surface area (Å²) < 4.78 is 0. The topological polar surface area (TPSA) is 66.6 Å². The third-order valence-electron chi connectivity index (χ3n) is 3.80. The fourth-order valence-corrected chi connectivity index (χ4v) is 2.61. The normalized spacial score (nSPS) is 24.1. The van der Waals surface area contributed by atoms with Crippen molar-refractivity contribution in [1.82, 2.24) is 0 Å². The van der Waals surface area contributed by atoms with E-state index >= 15 is 0 Å². The van der Waals surface area contributed by atoms with E-state index in [9.17, 15) is 15.2 Å². The minimum atomic E-state index is -0.594. The molecule has 104 valence electrons. The van der Waals surface area contributed by atoms with E-state index in [1.165, 1.54) is 0 Å². The number of aryl methyl sites for hydroxylation is 1. The molecule has 1 fully saturated rings. The van der Waals surface area contributed by atoms with Crippen LogP contribution in [0.2, 0.25) is 0 Å². The van der Waals surface area contributed by atoms with Gasteiger partial charge in [0.1, 0.15) is 0 Å². The van der Waals surface area contributed by atoms with Gasteiger partial charge in [0.2, 0.25) is 0 Å². The van der Waals surface area contributed by atoms with Crippen molar-refractivity contribution in [3.8, 4) is 0 Å². The van der Waals surface area contributed by atoms with E-state index in [1.54, 1.807) is 12.1 Å².